The van der Waals surface area contributed by atoms with Gasteiger partial charge in [0.1, 0.15) is 5.82 Å². The number of nitrogens with zero attached hydrogens (tertiary/aromatic N) is 1. The van der Waals surface area contributed by atoms with E-state index in [1.54, 1.807) is 0 Å². The molecule has 1 heterocycles. The number of pyridine rings is 1. The fourth-order valence-electron chi connectivity index (χ4n) is 0.996. The number of alkyl halides is 2. The number of halogens is 2. The molecule has 0 aliphatic rings. The molecule has 0 aliphatic carbocycles. The van der Waals surface area contributed by atoms with Crippen molar-refractivity contribution in [2.75, 3.05) is 24.7 Å². The molecule has 0 spiro atoms. The molecule has 0 amide bonds. The number of nitrogens with two attached hydrogens (primary N) is 1. The third-order valence-electron chi connectivity index (χ3n) is 1.99. The zero-order chi connectivity index (χ0) is 13.1. The Morgan fingerprint density at radius 2 is 2.12 bits per heavy atom. The molecule has 0 bridgehead atoms. The van der Waals surface area contributed by atoms with Gasteiger partial charge in [-0.3, -0.25) is 0 Å². The maximum atomic E-state index is 12.8. The first-order valence-corrected chi connectivity index (χ1v) is 6.62. The second-order valence-electron chi connectivity index (χ2n) is 3.56. The summed E-state index contributed by atoms with van der Waals surface area (Å²) < 4.78 is 47.8. The Hall–Kier alpha value is -1.28. The Balaban J connectivity index is 2.70. The van der Waals surface area contributed by atoms with Gasteiger partial charge in [-0.25, -0.2) is 22.2 Å². The number of hydrogen-bond acceptors (Lipinski definition) is 5. The van der Waals surface area contributed by atoms with Gasteiger partial charge < -0.3 is 11.1 Å². The summed E-state index contributed by atoms with van der Waals surface area (Å²) in [6, 6.07) is 2.62. The minimum Gasteiger partial charge on any atom is -0.364 e. The van der Waals surface area contributed by atoms with Gasteiger partial charge in [0.25, 0.3) is 5.92 Å². The Labute approximate surface area is 98.0 Å². The molecule has 17 heavy (non-hydrogen) atoms. The van der Waals surface area contributed by atoms with E-state index in [1.165, 1.54) is 12.1 Å². The third-order valence-corrected chi connectivity index (χ3v) is 3.09. The van der Waals surface area contributed by atoms with Crippen molar-refractivity contribution in [2.45, 2.75) is 10.8 Å². The van der Waals surface area contributed by atoms with Crippen LogP contribution in [0.5, 0.6) is 0 Å². The molecule has 0 fully saturated rings. The van der Waals surface area contributed by atoms with Crippen molar-refractivity contribution in [3.63, 3.8) is 0 Å². The first-order chi connectivity index (χ1) is 7.74. The van der Waals surface area contributed by atoms with Crippen molar-refractivity contribution in [1.29, 1.82) is 0 Å². The van der Waals surface area contributed by atoms with Crippen LogP contribution in [0.1, 0.15) is 0 Å². The van der Waals surface area contributed by atoms with Gasteiger partial charge in [-0.15, -0.1) is 0 Å². The standard InChI is InChI=1S/C9H13F2N3O2S/c1-17(15,16)7-2-3-8(13-4-7)14-6-9(10,11)5-12/h2-4H,5-6,12H2,1H3,(H,13,14). The molecule has 0 atom stereocenters. The van der Waals surface area contributed by atoms with E-state index < -0.39 is 28.8 Å². The Kier molecular flexibility index (Phi) is 3.99. The van der Waals surface area contributed by atoms with Crippen LogP contribution < -0.4 is 11.1 Å². The van der Waals surface area contributed by atoms with E-state index in [2.05, 4.69) is 10.3 Å². The van der Waals surface area contributed by atoms with E-state index >= 15 is 0 Å². The lowest BCUT2D eigenvalue weighted by Gasteiger charge is -2.14. The van der Waals surface area contributed by atoms with Crippen molar-refractivity contribution >= 4 is 15.7 Å². The molecular weight excluding hydrogens is 252 g/mol. The van der Waals surface area contributed by atoms with Crippen LogP contribution in [0.2, 0.25) is 0 Å². The lowest BCUT2D eigenvalue weighted by molar-refractivity contribution is 0.0253. The number of nitrogens with one attached hydrogen (secondary N) is 1. The van der Waals surface area contributed by atoms with Crippen molar-refractivity contribution < 1.29 is 17.2 Å². The fraction of sp³-hybridized carbons (Fsp3) is 0.444. The molecule has 1 aromatic rings. The van der Waals surface area contributed by atoms with Gasteiger partial charge in [0.05, 0.1) is 18.0 Å². The molecule has 0 aliphatic heterocycles. The molecule has 0 saturated carbocycles. The van der Waals surface area contributed by atoms with Crippen LogP contribution in [0.25, 0.3) is 0 Å². The second kappa shape index (κ2) is 4.92. The molecule has 96 valence electrons. The van der Waals surface area contributed by atoms with Gasteiger partial charge in [-0.2, -0.15) is 0 Å². The molecule has 0 saturated heterocycles. The largest absolute Gasteiger partial charge is 0.364 e. The molecule has 8 heteroatoms. The number of rotatable bonds is 5. The number of hydrogen-bond donors (Lipinski definition) is 2. The van der Waals surface area contributed by atoms with E-state index in [0.29, 0.717) is 0 Å². The maximum absolute atomic E-state index is 12.8. The van der Waals surface area contributed by atoms with Crippen molar-refractivity contribution in [1.82, 2.24) is 4.98 Å². The normalized spacial score (nSPS) is 12.5. The summed E-state index contributed by atoms with van der Waals surface area (Å²) in [4.78, 5) is 3.75. The molecule has 3 N–H and O–H groups in total. The quantitative estimate of drug-likeness (QED) is 0.809. The SMILES string of the molecule is CS(=O)(=O)c1ccc(NCC(F)(F)CN)nc1. The molecule has 5 nitrogen and oxygen atoms in total. The average molecular weight is 265 g/mol. The van der Waals surface area contributed by atoms with Crippen LogP contribution in [0, 0.1) is 0 Å². The second-order valence-corrected chi connectivity index (χ2v) is 5.58. The van der Waals surface area contributed by atoms with Gasteiger partial charge in [-0.1, -0.05) is 0 Å². The van der Waals surface area contributed by atoms with Crippen LogP contribution in [0.15, 0.2) is 23.2 Å². The predicted octanol–water partition coefficient (Wildman–Crippen LogP) is 0.491. The van der Waals surface area contributed by atoms with Crippen LogP contribution in [0.4, 0.5) is 14.6 Å². The summed E-state index contributed by atoms with van der Waals surface area (Å²) in [5.41, 5.74) is 4.86. The summed E-state index contributed by atoms with van der Waals surface area (Å²) in [6.45, 7) is -1.41. The van der Waals surface area contributed by atoms with E-state index in [1.807, 2.05) is 0 Å². The van der Waals surface area contributed by atoms with E-state index in [0.717, 1.165) is 12.5 Å². The Morgan fingerprint density at radius 3 is 2.53 bits per heavy atom. The monoisotopic (exact) mass is 265 g/mol. The highest BCUT2D eigenvalue weighted by Crippen LogP contribution is 2.14. The third kappa shape index (κ3) is 4.23. The zero-order valence-electron chi connectivity index (χ0n) is 9.15. The number of aromatic nitrogens is 1. The minimum atomic E-state index is -3.33. The van der Waals surface area contributed by atoms with Gasteiger partial charge in [0, 0.05) is 12.5 Å². The van der Waals surface area contributed by atoms with Gasteiger partial charge >= 0.3 is 0 Å². The zero-order valence-corrected chi connectivity index (χ0v) is 9.97. The van der Waals surface area contributed by atoms with Gasteiger partial charge in [-0.05, 0) is 12.1 Å². The summed E-state index contributed by atoms with van der Waals surface area (Å²) in [5.74, 6) is -2.84. The molecule has 0 aromatic carbocycles. The summed E-state index contributed by atoms with van der Waals surface area (Å²) in [5, 5.41) is 2.38. The fourth-order valence-corrected chi connectivity index (χ4v) is 1.56. The highest BCUT2D eigenvalue weighted by molar-refractivity contribution is 7.90. The lowest BCUT2D eigenvalue weighted by Crippen LogP contribution is -2.35. The van der Waals surface area contributed by atoms with Crippen molar-refractivity contribution in [2.24, 2.45) is 5.73 Å². The summed E-state index contributed by atoms with van der Waals surface area (Å²) in [6.07, 6.45) is 2.15. The molecular formula is C9H13F2N3O2S. The Bertz CT molecular complexity index is 474. The van der Waals surface area contributed by atoms with Gasteiger partial charge in [0.2, 0.25) is 0 Å². The highest BCUT2D eigenvalue weighted by atomic mass is 32.2. The van der Waals surface area contributed by atoms with Crippen LogP contribution in [0.3, 0.4) is 0 Å². The van der Waals surface area contributed by atoms with E-state index in [9.17, 15) is 17.2 Å². The average Bonchev–Trinajstić information content (AvgIpc) is 2.26. The summed E-state index contributed by atoms with van der Waals surface area (Å²) >= 11 is 0. The maximum Gasteiger partial charge on any atom is 0.276 e. The Morgan fingerprint density at radius 1 is 1.47 bits per heavy atom. The topological polar surface area (TPSA) is 85.1 Å². The molecule has 0 radical (unpaired) electrons. The van der Waals surface area contributed by atoms with E-state index in [4.69, 9.17) is 5.73 Å². The lowest BCUT2D eigenvalue weighted by atomic mass is 10.3. The molecule has 1 rings (SSSR count). The van der Waals surface area contributed by atoms with Gasteiger partial charge in [0.15, 0.2) is 9.84 Å². The van der Waals surface area contributed by atoms with Crippen LogP contribution >= 0.6 is 0 Å². The smallest absolute Gasteiger partial charge is 0.276 e. The summed E-state index contributed by atoms with van der Waals surface area (Å²) in [7, 11) is -3.33. The predicted molar refractivity (Wildman–Crippen MR) is 59.8 cm³/mol. The molecule has 0 unspecified atom stereocenters. The number of anilines is 1. The highest BCUT2D eigenvalue weighted by Gasteiger charge is 2.26. The van der Waals surface area contributed by atoms with Crippen LogP contribution in [-0.2, 0) is 9.84 Å². The molecule has 1 aromatic heterocycles. The first kappa shape index (κ1) is 13.8. The number of sulfone groups is 1. The van der Waals surface area contributed by atoms with E-state index in [-0.39, 0.29) is 10.7 Å². The minimum absolute atomic E-state index is 0.0358. The van der Waals surface area contributed by atoms with Crippen molar-refractivity contribution in [3.05, 3.63) is 18.3 Å². The van der Waals surface area contributed by atoms with Crippen LogP contribution in [-0.4, -0.2) is 38.7 Å². The van der Waals surface area contributed by atoms with Crippen molar-refractivity contribution in [3.8, 4) is 0 Å². The first-order valence-electron chi connectivity index (χ1n) is 4.72.